The lowest BCUT2D eigenvalue weighted by atomic mass is 10.0. The third-order valence-corrected chi connectivity index (χ3v) is 6.03. The van der Waals surface area contributed by atoms with Crippen molar-refractivity contribution in [3.8, 4) is 11.1 Å². The summed E-state index contributed by atoms with van der Waals surface area (Å²) >= 11 is 7.05. The van der Waals surface area contributed by atoms with Crippen LogP contribution in [0.1, 0.15) is 15.2 Å². The lowest BCUT2D eigenvalue weighted by Crippen LogP contribution is -2.20. The van der Waals surface area contributed by atoms with Gasteiger partial charge in [-0.3, -0.25) is 0 Å². The Kier molecular flexibility index (Phi) is 5.79. The molecule has 6 heteroatoms. The summed E-state index contributed by atoms with van der Waals surface area (Å²) in [5.41, 5.74) is 3.23. The van der Waals surface area contributed by atoms with Crippen LogP contribution in [0.5, 0.6) is 0 Å². The number of thiophene rings is 1. The summed E-state index contributed by atoms with van der Waals surface area (Å²) in [5, 5.41) is 9.74. The van der Waals surface area contributed by atoms with Crippen LogP contribution >= 0.6 is 23.6 Å². The number of fused-ring (bicyclic) bond motifs is 1. The van der Waals surface area contributed by atoms with Gasteiger partial charge in [0.2, 0.25) is 0 Å². The van der Waals surface area contributed by atoms with Crippen LogP contribution in [-0.4, -0.2) is 18.2 Å². The zero-order valence-electron chi connectivity index (χ0n) is 16.6. The first kappa shape index (κ1) is 20.1. The average Bonchev–Trinajstić information content (AvgIpc) is 3.09. The van der Waals surface area contributed by atoms with Crippen LogP contribution in [0.15, 0.2) is 72.8 Å². The number of thiocarbonyl (C=S) groups is 1. The van der Waals surface area contributed by atoms with Crippen LogP contribution in [0.4, 0.5) is 10.7 Å². The third-order valence-electron chi connectivity index (χ3n) is 4.80. The smallest absolute Gasteiger partial charge is 0.341 e. The van der Waals surface area contributed by atoms with Gasteiger partial charge in [0.1, 0.15) is 10.6 Å². The highest BCUT2D eigenvalue weighted by molar-refractivity contribution is 7.80. The highest BCUT2D eigenvalue weighted by Crippen LogP contribution is 2.40. The second-order valence-electron chi connectivity index (χ2n) is 6.70. The summed E-state index contributed by atoms with van der Waals surface area (Å²) in [6.07, 6.45) is 0. The second-order valence-corrected chi connectivity index (χ2v) is 8.33. The molecule has 0 aliphatic heterocycles. The molecule has 4 rings (SSSR count). The molecule has 0 aliphatic carbocycles. The maximum atomic E-state index is 12.6. The Morgan fingerprint density at radius 3 is 2.40 bits per heavy atom. The van der Waals surface area contributed by atoms with Crippen LogP contribution in [0.2, 0.25) is 0 Å². The van der Waals surface area contributed by atoms with Crippen molar-refractivity contribution >= 4 is 56.1 Å². The first-order valence-electron chi connectivity index (χ1n) is 9.41. The molecule has 0 amide bonds. The highest BCUT2D eigenvalue weighted by atomic mass is 32.1. The maximum Gasteiger partial charge on any atom is 0.341 e. The number of nitrogens with one attached hydrogen (secondary N) is 2. The zero-order chi connectivity index (χ0) is 21.1. The number of benzene rings is 3. The van der Waals surface area contributed by atoms with Crippen molar-refractivity contribution in [2.45, 2.75) is 6.92 Å². The normalized spacial score (nSPS) is 10.6. The summed E-state index contributed by atoms with van der Waals surface area (Å²) in [7, 11) is 1.39. The third kappa shape index (κ3) is 3.92. The molecule has 150 valence electrons. The molecule has 1 heterocycles. The molecule has 30 heavy (non-hydrogen) atoms. The number of carbonyl (C=O) groups excluding carboxylic acids is 1. The van der Waals surface area contributed by atoms with E-state index >= 15 is 0 Å². The molecule has 2 N–H and O–H groups in total. The van der Waals surface area contributed by atoms with Gasteiger partial charge in [0.15, 0.2) is 5.11 Å². The van der Waals surface area contributed by atoms with Crippen LogP contribution < -0.4 is 10.6 Å². The predicted molar refractivity (Wildman–Crippen MR) is 130 cm³/mol. The Labute approximate surface area is 184 Å². The fourth-order valence-electron chi connectivity index (χ4n) is 3.47. The largest absolute Gasteiger partial charge is 0.465 e. The molecule has 0 fully saturated rings. The predicted octanol–water partition coefficient (Wildman–Crippen LogP) is 6.47. The standard InChI is InChI=1S/C24H20N2O2S2/c1-15-20(17-10-4-3-5-11-17)21(23(27)28-2)22(30-15)26-24(29)25-19-14-8-12-16-9-6-7-13-18(16)19/h3-14H,1-2H3,(H2,25,26,29). The number of ether oxygens (including phenoxy) is 1. The van der Waals surface area contributed by atoms with Crippen molar-refractivity contribution < 1.29 is 9.53 Å². The topological polar surface area (TPSA) is 50.4 Å². The van der Waals surface area contributed by atoms with Crippen molar-refractivity contribution in [3.63, 3.8) is 0 Å². The van der Waals surface area contributed by atoms with Crippen molar-refractivity contribution in [1.29, 1.82) is 0 Å². The van der Waals surface area contributed by atoms with E-state index < -0.39 is 5.97 Å². The number of aryl methyl sites for hydroxylation is 1. The molecular weight excluding hydrogens is 412 g/mol. The van der Waals surface area contributed by atoms with Crippen LogP contribution in [0.25, 0.3) is 21.9 Å². The molecule has 0 saturated heterocycles. The zero-order valence-corrected chi connectivity index (χ0v) is 18.2. The summed E-state index contributed by atoms with van der Waals surface area (Å²) in [6.45, 7) is 1.99. The van der Waals surface area contributed by atoms with Gasteiger partial charge in [0.25, 0.3) is 0 Å². The number of methoxy groups -OCH3 is 1. The number of rotatable bonds is 4. The van der Waals surface area contributed by atoms with Gasteiger partial charge in [-0.2, -0.15) is 0 Å². The minimum absolute atomic E-state index is 0.395. The Morgan fingerprint density at radius 2 is 1.63 bits per heavy atom. The monoisotopic (exact) mass is 432 g/mol. The first-order chi connectivity index (χ1) is 14.6. The van der Waals surface area contributed by atoms with Gasteiger partial charge in [-0.05, 0) is 36.2 Å². The molecule has 4 nitrogen and oxygen atoms in total. The molecule has 0 bridgehead atoms. The van der Waals surface area contributed by atoms with E-state index in [4.69, 9.17) is 17.0 Å². The summed E-state index contributed by atoms with van der Waals surface area (Å²) in [4.78, 5) is 13.6. The highest BCUT2D eigenvalue weighted by Gasteiger charge is 2.24. The Morgan fingerprint density at radius 1 is 0.933 bits per heavy atom. The van der Waals surface area contributed by atoms with E-state index in [1.807, 2.05) is 67.6 Å². The Hall–Kier alpha value is -3.22. The molecule has 0 radical (unpaired) electrons. The van der Waals surface area contributed by atoms with Crippen LogP contribution in [0, 0.1) is 6.92 Å². The fourth-order valence-corrected chi connectivity index (χ4v) is 4.82. The van der Waals surface area contributed by atoms with Gasteiger partial charge in [-0.1, -0.05) is 66.7 Å². The van der Waals surface area contributed by atoms with Crippen LogP contribution in [-0.2, 0) is 4.74 Å². The molecule has 3 aromatic carbocycles. The lowest BCUT2D eigenvalue weighted by molar-refractivity contribution is 0.0603. The van der Waals surface area contributed by atoms with Gasteiger partial charge in [-0.15, -0.1) is 11.3 Å². The lowest BCUT2D eigenvalue weighted by Gasteiger charge is -2.13. The minimum atomic E-state index is -0.395. The van der Waals surface area contributed by atoms with E-state index in [9.17, 15) is 4.79 Å². The molecule has 0 unspecified atom stereocenters. The van der Waals surface area contributed by atoms with E-state index in [0.29, 0.717) is 15.7 Å². The van der Waals surface area contributed by atoms with Gasteiger partial charge in [0, 0.05) is 21.5 Å². The number of carbonyl (C=O) groups is 1. The number of hydrogen-bond donors (Lipinski definition) is 2. The molecular formula is C24H20N2O2S2. The first-order valence-corrected chi connectivity index (χ1v) is 10.6. The van der Waals surface area contributed by atoms with Gasteiger partial charge in [-0.25, -0.2) is 4.79 Å². The molecule has 0 spiro atoms. The Balaban J connectivity index is 1.67. The van der Waals surface area contributed by atoms with Gasteiger partial charge in [0.05, 0.1) is 7.11 Å². The summed E-state index contributed by atoms with van der Waals surface area (Å²) < 4.78 is 5.07. The summed E-state index contributed by atoms with van der Waals surface area (Å²) in [6, 6.07) is 23.9. The second kappa shape index (κ2) is 8.65. The quantitative estimate of drug-likeness (QED) is 0.286. The van der Waals surface area contributed by atoms with Gasteiger partial charge >= 0.3 is 5.97 Å². The number of esters is 1. The number of anilines is 2. The SMILES string of the molecule is COC(=O)c1c(NC(=S)Nc2cccc3ccccc23)sc(C)c1-c1ccccc1. The maximum absolute atomic E-state index is 12.6. The Bertz CT molecular complexity index is 1230. The van der Waals surface area contributed by atoms with Gasteiger partial charge < -0.3 is 15.4 Å². The van der Waals surface area contributed by atoms with Crippen molar-refractivity contribution in [1.82, 2.24) is 0 Å². The van der Waals surface area contributed by atoms with Crippen LogP contribution in [0.3, 0.4) is 0 Å². The molecule has 0 saturated carbocycles. The number of hydrogen-bond acceptors (Lipinski definition) is 4. The molecule has 4 aromatic rings. The van der Waals surface area contributed by atoms with Crippen molar-refractivity contribution in [3.05, 3.63) is 83.2 Å². The van der Waals surface area contributed by atoms with E-state index in [1.54, 1.807) is 0 Å². The van der Waals surface area contributed by atoms with E-state index in [1.165, 1.54) is 18.4 Å². The molecule has 0 aliphatic rings. The van der Waals surface area contributed by atoms with E-state index in [0.717, 1.165) is 32.5 Å². The van der Waals surface area contributed by atoms with E-state index in [-0.39, 0.29) is 0 Å². The summed E-state index contributed by atoms with van der Waals surface area (Å²) in [5.74, 6) is -0.395. The van der Waals surface area contributed by atoms with Crippen molar-refractivity contribution in [2.75, 3.05) is 17.7 Å². The average molecular weight is 433 g/mol. The van der Waals surface area contributed by atoms with E-state index in [2.05, 4.69) is 22.8 Å². The fraction of sp³-hybridized carbons (Fsp3) is 0.0833. The molecule has 0 atom stereocenters. The minimum Gasteiger partial charge on any atom is -0.465 e. The van der Waals surface area contributed by atoms with Crippen molar-refractivity contribution in [2.24, 2.45) is 0 Å². The molecule has 1 aromatic heterocycles.